The van der Waals surface area contributed by atoms with Crippen molar-refractivity contribution in [2.24, 2.45) is 0 Å². The van der Waals surface area contributed by atoms with E-state index in [0.29, 0.717) is 0 Å². The van der Waals surface area contributed by atoms with Crippen LogP contribution in [0.4, 0.5) is 0 Å². The Morgan fingerprint density at radius 2 is 2.00 bits per heavy atom. The van der Waals surface area contributed by atoms with Crippen LogP contribution in [0.1, 0.15) is 18.9 Å². The number of rotatable bonds is 3. The van der Waals surface area contributed by atoms with Crippen molar-refractivity contribution in [2.75, 3.05) is 5.75 Å². The van der Waals surface area contributed by atoms with Gasteiger partial charge in [-0.05, 0) is 36.1 Å². The summed E-state index contributed by atoms with van der Waals surface area (Å²) in [6.07, 6.45) is 1.16. The van der Waals surface area contributed by atoms with E-state index < -0.39 is 9.21 Å². The summed E-state index contributed by atoms with van der Waals surface area (Å²) in [7, 11) is -1.03. The van der Waals surface area contributed by atoms with Crippen LogP contribution in [0.3, 0.4) is 0 Å². The Balaban J connectivity index is 3.08. The lowest BCUT2D eigenvalue weighted by Gasteiger charge is -2.14. The molecule has 0 amide bonds. The molecule has 1 heteroatoms. The molecule has 0 fully saturated rings. The number of hydrogen-bond acceptors (Lipinski definition) is 0. The van der Waals surface area contributed by atoms with Crippen molar-refractivity contribution in [3.8, 4) is 0 Å². The third-order valence-electron chi connectivity index (χ3n) is 2.08. The van der Waals surface area contributed by atoms with Crippen LogP contribution >= 0.6 is 9.21 Å². The van der Waals surface area contributed by atoms with Gasteiger partial charge in [0, 0.05) is 0 Å². The van der Waals surface area contributed by atoms with Crippen molar-refractivity contribution in [2.45, 2.75) is 25.2 Å². The van der Waals surface area contributed by atoms with Gasteiger partial charge in [0.25, 0.3) is 0 Å². The lowest BCUT2D eigenvalue weighted by Crippen LogP contribution is -1.87. The molecular formula is C12H18S. The summed E-state index contributed by atoms with van der Waals surface area (Å²) in [4.78, 5) is 1.33. The first-order chi connectivity index (χ1) is 6.06. The van der Waals surface area contributed by atoms with Crippen LogP contribution in [0, 0.1) is 6.92 Å². The third kappa shape index (κ3) is 2.63. The number of hydrogen-bond donors (Lipinski definition) is 0. The maximum Gasteiger partial charge on any atom is -0.00366 e. The summed E-state index contributed by atoms with van der Waals surface area (Å²) < 4.78 is 0. The monoisotopic (exact) mass is 194 g/mol. The molecule has 0 saturated heterocycles. The molecule has 0 aromatic heterocycles. The van der Waals surface area contributed by atoms with Gasteiger partial charge in [-0.3, -0.25) is 0 Å². The normalized spacial score (nSPS) is 11.5. The molecule has 0 N–H and O–H groups in total. The van der Waals surface area contributed by atoms with Crippen molar-refractivity contribution >= 4 is 20.9 Å². The van der Waals surface area contributed by atoms with Gasteiger partial charge in [-0.1, -0.05) is 36.4 Å². The highest BCUT2D eigenvalue weighted by molar-refractivity contribution is 8.27. The van der Waals surface area contributed by atoms with Crippen molar-refractivity contribution in [3.05, 3.63) is 29.8 Å². The Hall–Kier alpha value is -0.690. The predicted molar refractivity (Wildman–Crippen MR) is 66.4 cm³/mol. The smallest absolute Gasteiger partial charge is 0.00366 e. The van der Waals surface area contributed by atoms with Gasteiger partial charge in [0.05, 0.1) is 0 Å². The Kier molecular flexibility index (Phi) is 3.21. The Morgan fingerprint density at radius 3 is 2.54 bits per heavy atom. The summed E-state index contributed by atoms with van der Waals surface area (Å²) in [6.45, 7) is 4.30. The highest BCUT2D eigenvalue weighted by atomic mass is 32.2. The summed E-state index contributed by atoms with van der Waals surface area (Å²) in [5, 5.41) is 0. The van der Waals surface area contributed by atoms with E-state index in [2.05, 4.69) is 49.9 Å². The largest absolute Gasteiger partial charge is 0.187 e. The lowest BCUT2D eigenvalue weighted by atomic mass is 10.2. The fourth-order valence-corrected chi connectivity index (χ4v) is 3.21. The molecule has 0 bridgehead atoms. The lowest BCUT2D eigenvalue weighted by molar-refractivity contribution is 1.10. The molecule has 0 nitrogen and oxygen atoms in total. The Bertz CT molecular complexity index is 372. The standard InChI is InChI=1S/C12H18S/c1-5-9-13(3,4)12-8-6-7-11(2)10-12/h6-8,10H,3-5,9H2,1-2H3. The minimum absolute atomic E-state index is 1.03. The first-order valence-electron chi connectivity index (χ1n) is 4.60. The first kappa shape index (κ1) is 10.4. The summed E-state index contributed by atoms with van der Waals surface area (Å²) >= 11 is 0. The average molecular weight is 194 g/mol. The fraction of sp³-hybridized carbons (Fsp3) is 0.333. The van der Waals surface area contributed by atoms with Gasteiger partial charge in [-0.2, -0.15) is 9.21 Å². The van der Waals surface area contributed by atoms with Gasteiger partial charge in [0.1, 0.15) is 0 Å². The summed E-state index contributed by atoms with van der Waals surface area (Å²) in [6, 6.07) is 8.58. The second-order valence-corrected chi connectivity index (χ2v) is 6.54. The molecule has 0 atom stereocenters. The van der Waals surface area contributed by atoms with Gasteiger partial charge in [-0.25, -0.2) is 0 Å². The second kappa shape index (κ2) is 4.01. The van der Waals surface area contributed by atoms with E-state index in [0.717, 1.165) is 12.2 Å². The fourth-order valence-electron chi connectivity index (χ4n) is 1.39. The maximum absolute atomic E-state index is 4.24. The summed E-state index contributed by atoms with van der Waals surface area (Å²) in [5.41, 5.74) is 1.30. The molecule has 0 aliphatic carbocycles. The highest BCUT2D eigenvalue weighted by Crippen LogP contribution is 2.32. The zero-order valence-electron chi connectivity index (χ0n) is 8.55. The topological polar surface area (TPSA) is 0 Å². The van der Waals surface area contributed by atoms with Crippen molar-refractivity contribution in [1.82, 2.24) is 0 Å². The Labute approximate surface area is 82.1 Å². The van der Waals surface area contributed by atoms with Crippen LogP contribution in [0.15, 0.2) is 29.2 Å². The van der Waals surface area contributed by atoms with E-state index in [-0.39, 0.29) is 0 Å². The third-order valence-corrected chi connectivity index (χ3v) is 4.53. The first-order valence-corrected chi connectivity index (χ1v) is 6.74. The van der Waals surface area contributed by atoms with Crippen molar-refractivity contribution < 1.29 is 0 Å². The van der Waals surface area contributed by atoms with Crippen LogP contribution < -0.4 is 0 Å². The minimum Gasteiger partial charge on any atom is -0.187 e. The predicted octanol–water partition coefficient (Wildman–Crippen LogP) is 3.43. The zero-order valence-corrected chi connectivity index (χ0v) is 9.36. The number of aryl methyl sites for hydroxylation is 1. The van der Waals surface area contributed by atoms with E-state index in [1.165, 1.54) is 10.5 Å². The van der Waals surface area contributed by atoms with Gasteiger partial charge < -0.3 is 0 Å². The molecule has 0 aliphatic heterocycles. The minimum atomic E-state index is -1.03. The zero-order chi connectivity index (χ0) is 9.90. The molecule has 13 heavy (non-hydrogen) atoms. The van der Waals surface area contributed by atoms with E-state index in [1.54, 1.807) is 0 Å². The van der Waals surface area contributed by atoms with Gasteiger partial charge >= 0.3 is 0 Å². The molecule has 1 aromatic carbocycles. The second-order valence-electron chi connectivity index (χ2n) is 3.57. The molecule has 0 saturated carbocycles. The van der Waals surface area contributed by atoms with Gasteiger partial charge in [0.2, 0.25) is 0 Å². The molecule has 0 aliphatic rings. The van der Waals surface area contributed by atoms with E-state index in [1.807, 2.05) is 0 Å². The van der Waals surface area contributed by atoms with Crippen molar-refractivity contribution in [1.29, 1.82) is 0 Å². The van der Waals surface area contributed by atoms with Gasteiger partial charge in [-0.15, -0.1) is 0 Å². The van der Waals surface area contributed by atoms with E-state index in [4.69, 9.17) is 0 Å². The van der Waals surface area contributed by atoms with E-state index in [9.17, 15) is 0 Å². The summed E-state index contributed by atoms with van der Waals surface area (Å²) in [5.74, 6) is 9.61. The maximum atomic E-state index is 4.24. The molecular weight excluding hydrogens is 176 g/mol. The highest BCUT2D eigenvalue weighted by Gasteiger charge is 1.99. The quantitative estimate of drug-likeness (QED) is 0.647. The van der Waals surface area contributed by atoms with Gasteiger partial charge in [0.15, 0.2) is 0 Å². The number of benzene rings is 1. The van der Waals surface area contributed by atoms with Crippen LogP contribution in [-0.4, -0.2) is 17.5 Å². The molecule has 0 spiro atoms. The molecule has 0 heterocycles. The van der Waals surface area contributed by atoms with Crippen LogP contribution in [0.25, 0.3) is 0 Å². The molecule has 1 aromatic rings. The average Bonchev–Trinajstić information content (AvgIpc) is 2.04. The van der Waals surface area contributed by atoms with Crippen LogP contribution in [-0.2, 0) is 0 Å². The van der Waals surface area contributed by atoms with Crippen molar-refractivity contribution in [3.63, 3.8) is 0 Å². The molecule has 1 rings (SSSR count). The van der Waals surface area contributed by atoms with E-state index >= 15 is 0 Å². The van der Waals surface area contributed by atoms with Crippen LogP contribution in [0.2, 0.25) is 0 Å². The molecule has 0 unspecified atom stereocenters. The Morgan fingerprint density at radius 1 is 1.31 bits per heavy atom. The molecule has 72 valence electrons. The van der Waals surface area contributed by atoms with Crippen LogP contribution in [0.5, 0.6) is 0 Å². The SMILES string of the molecule is C=S(=C)(CCC)c1cccc(C)c1. The molecule has 0 radical (unpaired) electrons.